The Labute approximate surface area is 143 Å². The molecule has 1 aromatic rings. The first-order valence-electron chi connectivity index (χ1n) is 8.39. The fourth-order valence-corrected chi connectivity index (χ4v) is 2.78. The molecule has 1 atom stereocenters. The van der Waals surface area contributed by atoms with Gasteiger partial charge in [-0.25, -0.2) is 4.98 Å². The van der Waals surface area contributed by atoms with Gasteiger partial charge in [-0.1, -0.05) is 0 Å². The van der Waals surface area contributed by atoms with Gasteiger partial charge in [0.2, 0.25) is 11.8 Å². The maximum atomic E-state index is 12.3. The molecule has 1 aliphatic rings. The summed E-state index contributed by atoms with van der Waals surface area (Å²) in [7, 11) is 0. The molecular formula is C17H27N5O2. The molecule has 2 N–H and O–H groups in total. The lowest BCUT2D eigenvalue weighted by Crippen LogP contribution is -2.53. The predicted octanol–water partition coefficient (Wildman–Crippen LogP) is 1.43. The highest BCUT2D eigenvalue weighted by atomic mass is 16.2. The highest BCUT2D eigenvalue weighted by molar-refractivity contribution is 5.91. The van der Waals surface area contributed by atoms with Crippen molar-refractivity contribution in [3.05, 3.63) is 18.6 Å². The van der Waals surface area contributed by atoms with Crippen molar-refractivity contribution in [2.75, 3.05) is 18.4 Å². The minimum Gasteiger partial charge on any atom is -0.350 e. The van der Waals surface area contributed by atoms with E-state index >= 15 is 0 Å². The zero-order valence-electron chi connectivity index (χ0n) is 14.9. The normalized spacial score (nSPS) is 18.0. The smallest absolute Gasteiger partial charge is 0.237 e. The maximum Gasteiger partial charge on any atom is 0.237 e. The monoisotopic (exact) mass is 333 g/mol. The highest BCUT2D eigenvalue weighted by Gasteiger charge is 2.30. The van der Waals surface area contributed by atoms with Crippen molar-refractivity contribution in [1.82, 2.24) is 20.2 Å². The van der Waals surface area contributed by atoms with Crippen LogP contribution in [0.25, 0.3) is 0 Å². The molecule has 1 aromatic heterocycles. The molecule has 7 nitrogen and oxygen atoms in total. The van der Waals surface area contributed by atoms with Gasteiger partial charge in [-0.3, -0.25) is 19.5 Å². The number of amides is 2. The Morgan fingerprint density at radius 3 is 2.46 bits per heavy atom. The van der Waals surface area contributed by atoms with Gasteiger partial charge in [0.05, 0.1) is 12.2 Å². The minimum absolute atomic E-state index is 0.0260. The van der Waals surface area contributed by atoms with Crippen molar-refractivity contribution >= 4 is 17.6 Å². The largest absolute Gasteiger partial charge is 0.350 e. The average molecular weight is 333 g/mol. The van der Waals surface area contributed by atoms with Crippen LogP contribution in [0.4, 0.5) is 5.82 Å². The number of carbonyl (C=O) groups excluding carboxylic acids is 2. The molecule has 1 saturated heterocycles. The number of nitrogens with one attached hydrogen (secondary N) is 2. The molecule has 0 radical (unpaired) electrons. The molecule has 0 aromatic carbocycles. The standard InChI is InChI=1S/C17H27N5O2/c1-12(15(23)21-17(2,3)4)22-9-5-13(6-10-22)16(24)20-14-11-18-7-8-19-14/h7-8,11-13H,5-6,9-10H2,1-4H3,(H,21,23)(H,19,20,24)/t12-/m0/s1. The van der Waals surface area contributed by atoms with E-state index in [-0.39, 0.29) is 29.3 Å². The van der Waals surface area contributed by atoms with Crippen molar-refractivity contribution < 1.29 is 9.59 Å². The lowest BCUT2D eigenvalue weighted by atomic mass is 9.94. The molecule has 0 bridgehead atoms. The van der Waals surface area contributed by atoms with Crippen molar-refractivity contribution in [2.45, 2.75) is 52.1 Å². The molecule has 24 heavy (non-hydrogen) atoms. The van der Waals surface area contributed by atoms with Gasteiger partial charge in [-0.2, -0.15) is 0 Å². The van der Waals surface area contributed by atoms with E-state index < -0.39 is 0 Å². The highest BCUT2D eigenvalue weighted by Crippen LogP contribution is 2.20. The van der Waals surface area contributed by atoms with Crippen LogP contribution in [0.3, 0.4) is 0 Å². The Morgan fingerprint density at radius 2 is 1.92 bits per heavy atom. The molecule has 0 unspecified atom stereocenters. The van der Waals surface area contributed by atoms with Gasteiger partial charge < -0.3 is 10.6 Å². The van der Waals surface area contributed by atoms with E-state index in [1.165, 1.54) is 6.20 Å². The molecule has 7 heteroatoms. The Hall–Kier alpha value is -2.02. The SMILES string of the molecule is C[C@@H](C(=O)NC(C)(C)C)N1CCC(C(=O)Nc2cnccn2)CC1. The summed E-state index contributed by atoms with van der Waals surface area (Å²) in [6.45, 7) is 9.30. The van der Waals surface area contributed by atoms with E-state index in [4.69, 9.17) is 0 Å². The van der Waals surface area contributed by atoms with Gasteiger partial charge in [0.15, 0.2) is 5.82 Å². The van der Waals surface area contributed by atoms with Crippen molar-refractivity contribution in [3.8, 4) is 0 Å². The molecular weight excluding hydrogens is 306 g/mol. The number of carbonyl (C=O) groups is 2. The van der Waals surface area contributed by atoms with Crippen LogP contribution in [0.15, 0.2) is 18.6 Å². The summed E-state index contributed by atoms with van der Waals surface area (Å²) in [6.07, 6.45) is 6.12. The van der Waals surface area contributed by atoms with Crippen LogP contribution in [0.5, 0.6) is 0 Å². The summed E-state index contributed by atoms with van der Waals surface area (Å²) in [5, 5.41) is 5.81. The first-order valence-corrected chi connectivity index (χ1v) is 8.39. The van der Waals surface area contributed by atoms with Gasteiger partial charge in [0.25, 0.3) is 0 Å². The molecule has 2 rings (SSSR count). The minimum atomic E-state index is -0.236. The number of hydrogen-bond acceptors (Lipinski definition) is 5. The van der Waals surface area contributed by atoms with E-state index in [2.05, 4.69) is 25.5 Å². The number of piperidine rings is 1. The van der Waals surface area contributed by atoms with Crippen molar-refractivity contribution in [2.24, 2.45) is 5.92 Å². The van der Waals surface area contributed by atoms with Crippen LogP contribution in [-0.2, 0) is 9.59 Å². The lowest BCUT2D eigenvalue weighted by Gasteiger charge is -2.36. The first kappa shape index (κ1) is 18.3. The van der Waals surface area contributed by atoms with Gasteiger partial charge in [-0.15, -0.1) is 0 Å². The predicted molar refractivity (Wildman–Crippen MR) is 92.3 cm³/mol. The van der Waals surface area contributed by atoms with E-state index in [0.717, 1.165) is 25.9 Å². The topological polar surface area (TPSA) is 87.2 Å². The number of aromatic nitrogens is 2. The third kappa shape index (κ3) is 5.26. The summed E-state index contributed by atoms with van der Waals surface area (Å²) < 4.78 is 0. The second-order valence-corrected chi connectivity index (χ2v) is 7.31. The molecule has 2 amide bonds. The fraction of sp³-hybridized carbons (Fsp3) is 0.647. The summed E-state index contributed by atoms with van der Waals surface area (Å²) in [5.41, 5.74) is -0.236. The van der Waals surface area contributed by atoms with Gasteiger partial charge in [0, 0.05) is 23.9 Å². The van der Waals surface area contributed by atoms with Crippen LogP contribution in [-0.4, -0.2) is 51.4 Å². The van der Waals surface area contributed by atoms with Crippen LogP contribution in [0.1, 0.15) is 40.5 Å². The summed E-state index contributed by atoms with van der Waals surface area (Å²) >= 11 is 0. The third-order valence-corrected chi connectivity index (χ3v) is 4.14. The molecule has 1 fully saturated rings. The van der Waals surface area contributed by atoms with Crippen molar-refractivity contribution in [1.29, 1.82) is 0 Å². The van der Waals surface area contributed by atoms with Crippen LogP contribution in [0.2, 0.25) is 0 Å². The maximum absolute atomic E-state index is 12.3. The Bertz CT molecular complexity index is 562. The Balaban J connectivity index is 1.82. The van der Waals surface area contributed by atoms with E-state index in [1.54, 1.807) is 12.4 Å². The number of hydrogen-bond donors (Lipinski definition) is 2. The summed E-state index contributed by atoms with van der Waals surface area (Å²) in [5.74, 6) is 0.427. The molecule has 0 aliphatic carbocycles. The number of rotatable bonds is 4. The van der Waals surface area contributed by atoms with E-state index in [1.807, 2.05) is 27.7 Å². The van der Waals surface area contributed by atoms with Gasteiger partial charge >= 0.3 is 0 Å². The number of nitrogens with zero attached hydrogens (tertiary/aromatic N) is 3. The van der Waals surface area contributed by atoms with Crippen LogP contribution in [0, 0.1) is 5.92 Å². The Morgan fingerprint density at radius 1 is 1.25 bits per heavy atom. The molecule has 1 aliphatic heterocycles. The van der Waals surface area contributed by atoms with Gasteiger partial charge in [-0.05, 0) is 53.6 Å². The van der Waals surface area contributed by atoms with E-state index in [0.29, 0.717) is 5.82 Å². The first-order chi connectivity index (χ1) is 11.3. The molecule has 0 saturated carbocycles. The van der Waals surface area contributed by atoms with Crippen LogP contribution >= 0.6 is 0 Å². The zero-order chi connectivity index (χ0) is 17.7. The average Bonchev–Trinajstić information content (AvgIpc) is 2.53. The van der Waals surface area contributed by atoms with Crippen LogP contribution < -0.4 is 10.6 Å². The Kier molecular flexibility index (Phi) is 5.88. The third-order valence-electron chi connectivity index (χ3n) is 4.14. The van der Waals surface area contributed by atoms with Gasteiger partial charge in [0.1, 0.15) is 0 Å². The summed E-state index contributed by atoms with van der Waals surface area (Å²) in [4.78, 5) is 34.7. The van der Waals surface area contributed by atoms with Crippen molar-refractivity contribution in [3.63, 3.8) is 0 Å². The summed E-state index contributed by atoms with van der Waals surface area (Å²) in [6, 6.07) is -0.187. The molecule has 0 spiro atoms. The zero-order valence-corrected chi connectivity index (χ0v) is 14.9. The second kappa shape index (κ2) is 7.70. The second-order valence-electron chi connectivity index (χ2n) is 7.31. The lowest BCUT2D eigenvalue weighted by molar-refractivity contribution is -0.128. The van der Waals surface area contributed by atoms with E-state index in [9.17, 15) is 9.59 Å². The number of anilines is 1. The molecule has 132 valence electrons. The quantitative estimate of drug-likeness (QED) is 0.870. The molecule has 2 heterocycles. The fourth-order valence-electron chi connectivity index (χ4n) is 2.78. The number of likely N-dealkylation sites (tertiary alicyclic amines) is 1.